The molecule has 51 heavy (non-hydrogen) atoms. The Hall–Kier alpha value is -5.41. The minimum Gasteiger partial charge on any atom is -0.310 e. The van der Waals surface area contributed by atoms with Gasteiger partial charge in [0.25, 0.3) is 0 Å². The molecule has 0 saturated carbocycles. The molecule has 2 heterocycles. The monoisotopic (exact) mass is 666 g/mol. The Morgan fingerprint density at radius 3 is 1.35 bits per heavy atom. The molecule has 3 nitrogen and oxygen atoms in total. The highest BCUT2D eigenvalue weighted by molar-refractivity contribution is 6.11. The van der Waals surface area contributed by atoms with Gasteiger partial charge in [0.1, 0.15) is 0 Å². The number of anilines is 3. The molecule has 0 aliphatic carbocycles. The van der Waals surface area contributed by atoms with E-state index in [1.165, 1.54) is 55.4 Å². The third-order valence-corrected chi connectivity index (χ3v) is 10.9. The number of benzene rings is 6. The zero-order valence-electron chi connectivity index (χ0n) is 31.0. The number of aromatic nitrogens is 1. The van der Waals surface area contributed by atoms with Crippen molar-refractivity contribution >= 4 is 44.7 Å². The summed E-state index contributed by atoms with van der Waals surface area (Å²) in [5, 5.41) is 2.51. The van der Waals surface area contributed by atoms with Crippen molar-refractivity contribution in [3.05, 3.63) is 167 Å². The normalized spacial score (nSPS) is 14.1. The first kappa shape index (κ1) is 32.8. The third kappa shape index (κ3) is 5.38. The number of hydrogen-bond donors (Lipinski definition) is 0. The summed E-state index contributed by atoms with van der Waals surface area (Å²) in [7, 11) is 0. The molecule has 0 atom stereocenters. The predicted octanol–water partition coefficient (Wildman–Crippen LogP) is 12.7. The fourth-order valence-corrected chi connectivity index (χ4v) is 7.87. The van der Waals surface area contributed by atoms with E-state index in [4.69, 9.17) is 0 Å². The van der Waals surface area contributed by atoms with Gasteiger partial charge < -0.3 is 9.47 Å². The highest BCUT2D eigenvalue weighted by Crippen LogP contribution is 2.51. The maximum atomic E-state index is 13.9. The van der Waals surface area contributed by atoms with Crippen LogP contribution in [0.2, 0.25) is 0 Å². The Balaban J connectivity index is 1.14. The van der Waals surface area contributed by atoms with Gasteiger partial charge in [-0.05, 0) is 118 Å². The van der Waals surface area contributed by atoms with Gasteiger partial charge in [-0.3, -0.25) is 4.79 Å². The Kier molecular flexibility index (Phi) is 7.43. The molecule has 0 saturated heterocycles. The summed E-state index contributed by atoms with van der Waals surface area (Å²) < 4.78 is 2.34. The Bertz CT molecular complexity index is 2340. The van der Waals surface area contributed by atoms with Crippen molar-refractivity contribution in [3.63, 3.8) is 0 Å². The first-order valence-corrected chi connectivity index (χ1v) is 18.1. The van der Waals surface area contributed by atoms with Crippen LogP contribution in [0.4, 0.5) is 17.1 Å². The van der Waals surface area contributed by atoms with Gasteiger partial charge in [0, 0.05) is 38.7 Å². The minimum atomic E-state index is -0.115. The van der Waals surface area contributed by atoms with Crippen molar-refractivity contribution in [2.75, 3.05) is 4.90 Å². The van der Waals surface area contributed by atoms with Gasteiger partial charge in [0.05, 0.1) is 22.4 Å². The first-order chi connectivity index (χ1) is 24.2. The number of hydrogen-bond acceptors (Lipinski definition) is 2. The van der Waals surface area contributed by atoms with Crippen molar-refractivity contribution in [1.29, 1.82) is 0 Å². The van der Waals surface area contributed by atoms with Crippen molar-refractivity contribution < 1.29 is 4.79 Å². The lowest BCUT2D eigenvalue weighted by Gasteiger charge is -2.42. The smallest absolute Gasteiger partial charge is 0.193 e. The fourth-order valence-electron chi connectivity index (χ4n) is 7.87. The molecule has 1 aliphatic rings. The molecule has 0 amide bonds. The predicted molar refractivity (Wildman–Crippen MR) is 215 cm³/mol. The van der Waals surface area contributed by atoms with Crippen LogP contribution in [-0.2, 0) is 16.2 Å². The lowest BCUT2D eigenvalue weighted by atomic mass is 9.73. The summed E-state index contributed by atoms with van der Waals surface area (Å²) in [4.78, 5) is 16.2. The van der Waals surface area contributed by atoms with Gasteiger partial charge in [-0.1, -0.05) is 104 Å². The second-order valence-corrected chi connectivity index (χ2v) is 16.7. The van der Waals surface area contributed by atoms with E-state index in [0.29, 0.717) is 11.1 Å². The summed E-state index contributed by atoms with van der Waals surface area (Å²) in [6, 6.07) is 47.2. The quantitative estimate of drug-likeness (QED) is 0.175. The topological polar surface area (TPSA) is 25.2 Å². The van der Waals surface area contributed by atoms with Crippen LogP contribution >= 0.6 is 0 Å². The van der Waals surface area contributed by atoms with Crippen molar-refractivity contribution in [2.24, 2.45) is 0 Å². The molecule has 0 spiro atoms. The van der Waals surface area contributed by atoms with E-state index in [0.717, 1.165) is 11.4 Å². The number of nitrogens with zero attached hydrogens (tertiary/aromatic N) is 2. The molecule has 0 N–H and O–H groups in total. The molecule has 7 aromatic rings. The van der Waals surface area contributed by atoms with Crippen LogP contribution < -0.4 is 4.90 Å². The Morgan fingerprint density at radius 2 is 0.922 bits per heavy atom. The summed E-state index contributed by atoms with van der Waals surface area (Å²) >= 11 is 0. The summed E-state index contributed by atoms with van der Waals surface area (Å²) in [6.07, 6.45) is 0. The van der Waals surface area contributed by atoms with E-state index in [1.54, 1.807) is 0 Å². The molecule has 0 unspecified atom stereocenters. The SMILES string of the molecule is CC(C)(C)c1ccc2c(c1)c1cc(C(C)(C)C)ccc1n2-c1ccc(C(=O)c2ccc(N3c4ccccc4C(C)(C)c4ccccc43)cc2)cc1. The maximum Gasteiger partial charge on any atom is 0.193 e. The molecule has 1 aromatic heterocycles. The largest absolute Gasteiger partial charge is 0.310 e. The standard InChI is InChI=1S/C48H46N2O/c1-46(2,3)33-21-27-41-37(29-33)38-30-34(47(4,5)6)22-28-42(38)49(41)35-23-17-31(18-24-35)45(51)32-19-25-36(26-20-32)50-43-15-11-9-13-39(43)48(7,8)40-14-10-12-16-44(40)50/h9-30H,1-8H3. The minimum absolute atomic E-state index is 0.0144. The molecule has 8 rings (SSSR count). The van der Waals surface area contributed by atoms with Crippen LogP contribution in [0.5, 0.6) is 0 Å². The van der Waals surface area contributed by atoms with Crippen LogP contribution in [0.1, 0.15) is 93.6 Å². The maximum absolute atomic E-state index is 13.9. The van der Waals surface area contributed by atoms with Crippen molar-refractivity contribution in [2.45, 2.75) is 71.6 Å². The highest BCUT2D eigenvalue weighted by Gasteiger charge is 2.36. The average Bonchev–Trinajstić information content (AvgIpc) is 3.44. The van der Waals surface area contributed by atoms with E-state index in [1.807, 2.05) is 24.3 Å². The van der Waals surface area contributed by atoms with Gasteiger partial charge in [-0.15, -0.1) is 0 Å². The highest BCUT2D eigenvalue weighted by atomic mass is 16.1. The summed E-state index contributed by atoms with van der Waals surface area (Å²) in [5.41, 5.74) is 13.3. The Morgan fingerprint density at radius 1 is 0.510 bits per heavy atom. The lowest BCUT2D eigenvalue weighted by molar-refractivity contribution is 0.103. The molecule has 0 radical (unpaired) electrons. The van der Waals surface area contributed by atoms with Crippen LogP contribution in [-0.4, -0.2) is 10.4 Å². The van der Waals surface area contributed by atoms with Crippen molar-refractivity contribution in [3.8, 4) is 5.69 Å². The second kappa shape index (κ2) is 11.6. The van der Waals surface area contributed by atoms with E-state index >= 15 is 0 Å². The number of para-hydroxylation sites is 2. The molecular weight excluding hydrogens is 621 g/mol. The zero-order chi connectivity index (χ0) is 35.9. The van der Waals surface area contributed by atoms with E-state index in [9.17, 15) is 4.79 Å². The number of rotatable bonds is 4. The van der Waals surface area contributed by atoms with Crippen LogP contribution in [0.15, 0.2) is 133 Å². The average molecular weight is 667 g/mol. The molecule has 3 heteroatoms. The number of carbonyl (C=O) groups is 1. The van der Waals surface area contributed by atoms with Gasteiger partial charge in [-0.2, -0.15) is 0 Å². The summed E-state index contributed by atoms with van der Waals surface area (Å²) in [6.45, 7) is 18.2. The van der Waals surface area contributed by atoms with E-state index in [-0.39, 0.29) is 22.0 Å². The summed E-state index contributed by atoms with van der Waals surface area (Å²) in [5.74, 6) is 0.0144. The zero-order valence-corrected chi connectivity index (χ0v) is 31.0. The third-order valence-electron chi connectivity index (χ3n) is 10.9. The van der Waals surface area contributed by atoms with Gasteiger partial charge >= 0.3 is 0 Å². The van der Waals surface area contributed by atoms with Gasteiger partial charge in [0.15, 0.2) is 5.78 Å². The molecule has 0 fully saturated rings. The van der Waals surface area contributed by atoms with Crippen LogP contribution in [0, 0.1) is 0 Å². The fraction of sp³-hybridized carbons (Fsp3) is 0.229. The molecule has 0 bridgehead atoms. The van der Waals surface area contributed by atoms with Crippen LogP contribution in [0.3, 0.4) is 0 Å². The number of ketones is 1. The lowest BCUT2D eigenvalue weighted by Crippen LogP contribution is -2.30. The van der Waals surface area contributed by atoms with Crippen LogP contribution in [0.25, 0.3) is 27.5 Å². The van der Waals surface area contributed by atoms with Gasteiger partial charge in [0.2, 0.25) is 0 Å². The Labute approximate surface area is 302 Å². The molecule has 254 valence electrons. The van der Waals surface area contributed by atoms with E-state index in [2.05, 4.69) is 174 Å². The molecular formula is C48H46N2O. The molecule has 6 aromatic carbocycles. The number of fused-ring (bicyclic) bond motifs is 5. The van der Waals surface area contributed by atoms with Crippen molar-refractivity contribution in [1.82, 2.24) is 4.57 Å². The second-order valence-electron chi connectivity index (χ2n) is 16.7. The van der Waals surface area contributed by atoms with E-state index < -0.39 is 0 Å². The molecule has 1 aliphatic heterocycles. The number of carbonyl (C=O) groups excluding carboxylic acids is 1. The first-order valence-electron chi connectivity index (χ1n) is 18.1. The van der Waals surface area contributed by atoms with Gasteiger partial charge in [-0.25, -0.2) is 0 Å².